The Kier molecular flexibility index (Phi) is 4.85. The van der Waals surface area contributed by atoms with Gasteiger partial charge in [0.05, 0.1) is 24.4 Å². The van der Waals surface area contributed by atoms with E-state index in [0.717, 1.165) is 12.8 Å². The van der Waals surface area contributed by atoms with Crippen LogP contribution in [0.25, 0.3) is 22.6 Å². The second-order valence-electron chi connectivity index (χ2n) is 7.77. The standard InChI is InChI=1S/C21H21FN6O3/c1-2-18(29)19-11-27(21(30)31-19)14-6-7-15(16(22)9-14)12-3-8-17(23-10-12)20-24-26-28(25-20)13-4-5-13/h3,6-10,13,18-19,29H,2,4-5,11H2,1H3/t18?,19-/m0/s1. The number of tetrazole rings is 1. The van der Waals surface area contributed by atoms with Gasteiger partial charge in [-0.1, -0.05) is 13.0 Å². The van der Waals surface area contributed by atoms with E-state index < -0.39 is 24.1 Å². The summed E-state index contributed by atoms with van der Waals surface area (Å²) in [4.78, 5) is 19.4. The number of hydrogen-bond acceptors (Lipinski definition) is 7. The maximum atomic E-state index is 14.9. The maximum absolute atomic E-state index is 14.9. The van der Waals surface area contributed by atoms with E-state index >= 15 is 0 Å². The first kappa shape index (κ1) is 19.6. The number of cyclic esters (lactones) is 1. The fourth-order valence-corrected chi connectivity index (χ4v) is 3.54. The lowest BCUT2D eigenvalue weighted by Crippen LogP contribution is -2.30. The molecule has 1 amide bonds. The minimum absolute atomic E-state index is 0.178. The number of aliphatic hydroxyl groups excluding tert-OH is 1. The van der Waals surface area contributed by atoms with Crippen LogP contribution in [0.3, 0.4) is 0 Å². The molecule has 5 rings (SSSR count). The number of nitrogens with zero attached hydrogens (tertiary/aromatic N) is 6. The molecule has 0 bridgehead atoms. The SMILES string of the molecule is CCC(O)[C@@H]1CN(c2ccc(-c3ccc(-c4nnn(C5CC5)n4)nc3)c(F)c2)C(=O)O1. The minimum atomic E-state index is -0.747. The van der Waals surface area contributed by atoms with Crippen LogP contribution in [-0.4, -0.2) is 55.1 Å². The van der Waals surface area contributed by atoms with Gasteiger partial charge in [-0.2, -0.15) is 4.80 Å². The molecule has 3 aromatic rings. The molecule has 3 heterocycles. The lowest BCUT2D eigenvalue weighted by Gasteiger charge is -2.16. The van der Waals surface area contributed by atoms with E-state index in [1.54, 1.807) is 42.2 Å². The fourth-order valence-electron chi connectivity index (χ4n) is 3.54. The van der Waals surface area contributed by atoms with Crippen molar-refractivity contribution in [1.29, 1.82) is 0 Å². The number of carbonyl (C=O) groups excluding carboxylic acids is 1. The molecule has 1 unspecified atom stereocenters. The Morgan fingerprint density at radius 3 is 2.81 bits per heavy atom. The average Bonchev–Trinajstić information content (AvgIpc) is 3.38. The van der Waals surface area contributed by atoms with Crippen LogP contribution in [0.1, 0.15) is 32.2 Å². The number of benzene rings is 1. The van der Waals surface area contributed by atoms with Crippen molar-refractivity contribution in [2.45, 2.75) is 44.4 Å². The first-order chi connectivity index (χ1) is 15.0. The van der Waals surface area contributed by atoms with E-state index in [9.17, 15) is 14.3 Å². The summed E-state index contributed by atoms with van der Waals surface area (Å²) in [6.07, 6.45) is 2.19. The minimum Gasteiger partial charge on any atom is -0.441 e. The number of rotatable bonds is 6. The van der Waals surface area contributed by atoms with Gasteiger partial charge in [0.15, 0.2) is 0 Å². The first-order valence-electron chi connectivity index (χ1n) is 10.3. The number of aromatic nitrogens is 5. The highest BCUT2D eigenvalue weighted by Crippen LogP contribution is 2.33. The molecule has 1 saturated carbocycles. The summed E-state index contributed by atoms with van der Waals surface area (Å²) in [6.45, 7) is 1.98. The van der Waals surface area contributed by atoms with Gasteiger partial charge in [-0.25, -0.2) is 9.18 Å². The van der Waals surface area contributed by atoms with Gasteiger partial charge < -0.3 is 9.84 Å². The van der Waals surface area contributed by atoms with Crippen LogP contribution in [0.15, 0.2) is 36.5 Å². The van der Waals surface area contributed by atoms with E-state index in [0.29, 0.717) is 40.8 Å². The van der Waals surface area contributed by atoms with Crippen molar-refractivity contribution in [1.82, 2.24) is 25.2 Å². The van der Waals surface area contributed by atoms with E-state index in [4.69, 9.17) is 4.74 Å². The molecule has 1 saturated heterocycles. The third-order valence-electron chi connectivity index (χ3n) is 5.55. The zero-order chi connectivity index (χ0) is 21.5. The molecule has 9 nitrogen and oxygen atoms in total. The monoisotopic (exact) mass is 424 g/mol. The van der Waals surface area contributed by atoms with Crippen molar-refractivity contribution in [3.8, 4) is 22.6 Å². The number of anilines is 1. The van der Waals surface area contributed by atoms with Gasteiger partial charge in [-0.3, -0.25) is 9.88 Å². The molecule has 31 heavy (non-hydrogen) atoms. The van der Waals surface area contributed by atoms with Gasteiger partial charge in [0, 0.05) is 17.3 Å². The Morgan fingerprint density at radius 2 is 2.13 bits per heavy atom. The van der Waals surface area contributed by atoms with Gasteiger partial charge >= 0.3 is 6.09 Å². The Morgan fingerprint density at radius 1 is 1.29 bits per heavy atom. The third-order valence-corrected chi connectivity index (χ3v) is 5.55. The zero-order valence-corrected chi connectivity index (χ0v) is 16.8. The summed E-state index contributed by atoms with van der Waals surface area (Å²) >= 11 is 0. The summed E-state index contributed by atoms with van der Waals surface area (Å²) < 4.78 is 20.1. The van der Waals surface area contributed by atoms with Gasteiger partial charge in [0.2, 0.25) is 5.82 Å². The molecule has 0 radical (unpaired) electrons. The normalized spacial score (nSPS) is 19.5. The second kappa shape index (κ2) is 7.69. The van der Waals surface area contributed by atoms with Crippen molar-refractivity contribution in [2.24, 2.45) is 0 Å². The van der Waals surface area contributed by atoms with Gasteiger partial charge in [0.1, 0.15) is 17.6 Å². The topological polar surface area (TPSA) is 106 Å². The second-order valence-corrected chi connectivity index (χ2v) is 7.77. The van der Waals surface area contributed by atoms with Crippen LogP contribution < -0.4 is 4.90 Å². The summed E-state index contributed by atoms with van der Waals surface area (Å²) in [5, 5.41) is 22.3. The summed E-state index contributed by atoms with van der Waals surface area (Å²) in [5.41, 5.74) is 1.89. The van der Waals surface area contributed by atoms with Gasteiger partial charge in [-0.05, 0) is 48.7 Å². The van der Waals surface area contributed by atoms with Crippen molar-refractivity contribution in [2.75, 3.05) is 11.4 Å². The van der Waals surface area contributed by atoms with Crippen LogP contribution in [0.4, 0.5) is 14.9 Å². The number of halogens is 1. The van der Waals surface area contributed by atoms with Crippen molar-refractivity contribution in [3.05, 3.63) is 42.3 Å². The summed E-state index contributed by atoms with van der Waals surface area (Å²) in [6, 6.07) is 8.34. The molecule has 1 aliphatic carbocycles. The summed E-state index contributed by atoms with van der Waals surface area (Å²) in [5.74, 6) is -0.0530. The summed E-state index contributed by atoms with van der Waals surface area (Å²) in [7, 11) is 0. The molecule has 2 aromatic heterocycles. The van der Waals surface area contributed by atoms with Crippen LogP contribution in [0, 0.1) is 5.82 Å². The number of amides is 1. The highest BCUT2D eigenvalue weighted by molar-refractivity contribution is 5.90. The quantitative estimate of drug-likeness (QED) is 0.648. The number of aliphatic hydroxyl groups is 1. The Bertz CT molecular complexity index is 1110. The average molecular weight is 424 g/mol. The molecule has 2 atom stereocenters. The molecule has 1 aliphatic heterocycles. The Labute approximate surface area is 177 Å². The molecule has 0 spiro atoms. The van der Waals surface area contributed by atoms with Crippen molar-refractivity contribution >= 4 is 11.8 Å². The van der Waals surface area contributed by atoms with Crippen molar-refractivity contribution in [3.63, 3.8) is 0 Å². The fraction of sp³-hybridized carbons (Fsp3) is 0.381. The molecule has 10 heteroatoms. The number of ether oxygens (including phenoxy) is 1. The number of carbonyl (C=O) groups is 1. The number of hydrogen-bond donors (Lipinski definition) is 1. The van der Waals surface area contributed by atoms with Gasteiger partial charge in [-0.15, -0.1) is 10.2 Å². The smallest absolute Gasteiger partial charge is 0.414 e. The van der Waals surface area contributed by atoms with Crippen LogP contribution in [-0.2, 0) is 4.74 Å². The molecule has 1 N–H and O–H groups in total. The zero-order valence-electron chi connectivity index (χ0n) is 16.8. The Balaban J connectivity index is 1.34. The van der Waals surface area contributed by atoms with Crippen LogP contribution >= 0.6 is 0 Å². The molecule has 2 fully saturated rings. The first-order valence-corrected chi connectivity index (χ1v) is 10.3. The largest absolute Gasteiger partial charge is 0.441 e. The Hall–Kier alpha value is -3.40. The lowest BCUT2D eigenvalue weighted by molar-refractivity contribution is 0.0308. The number of pyridine rings is 1. The predicted molar refractivity (Wildman–Crippen MR) is 109 cm³/mol. The molecule has 2 aliphatic rings. The van der Waals surface area contributed by atoms with E-state index in [1.807, 2.05) is 0 Å². The third kappa shape index (κ3) is 3.74. The predicted octanol–water partition coefficient (Wildman–Crippen LogP) is 2.97. The van der Waals surface area contributed by atoms with Crippen LogP contribution in [0.5, 0.6) is 0 Å². The van der Waals surface area contributed by atoms with Crippen molar-refractivity contribution < 1.29 is 19.0 Å². The van der Waals surface area contributed by atoms with E-state index in [2.05, 4.69) is 20.4 Å². The molecule has 160 valence electrons. The van der Waals surface area contributed by atoms with Crippen LogP contribution in [0.2, 0.25) is 0 Å². The maximum Gasteiger partial charge on any atom is 0.414 e. The van der Waals surface area contributed by atoms with Gasteiger partial charge in [0.25, 0.3) is 0 Å². The lowest BCUT2D eigenvalue weighted by atomic mass is 10.1. The highest BCUT2D eigenvalue weighted by atomic mass is 19.1. The molecule has 1 aromatic carbocycles. The van der Waals surface area contributed by atoms with E-state index in [-0.39, 0.29) is 6.54 Å². The highest BCUT2D eigenvalue weighted by Gasteiger charge is 2.36. The van der Waals surface area contributed by atoms with E-state index in [1.165, 1.54) is 11.0 Å². The molecular formula is C21H21FN6O3. The molecular weight excluding hydrogens is 403 g/mol.